The molecule has 82 valence electrons. The number of carboxylic acid groups (broad SMARTS) is 1. The fraction of sp³-hybridized carbons (Fsp3) is 0.300. The molecule has 1 aliphatic carbocycles. The van der Waals surface area contributed by atoms with Gasteiger partial charge >= 0.3 is 5.97 Å². The van der Waals surface area contributed by atoms with E-state index >= 15 is 0 Å². The van der Waals surface area contributed by atoms with Gasteiger partial charge in [0.1, 0.15) is 5.69 Å². The van der Waals surface area contributed by atoms with Crippen LogP contribution < -0.4 is 0 Å². The lowest BCUT2D eigenvalue weighted by molar-refractivity contribution is 0.0686. The molecule has 0 radical (unpaired) electrons. The van der Waals surface area contributed by atoms with E-state index in [1.165, 1.54) is 18.9 Å². The van der Waals surface area contributed by atoms with Gasteiger partial charge in [-0.3, -0.25) is 0 Å². The van der Waals surface area contributed by atoms with E-state index in [-0.39, 0.29) is 5.69 Å². The summed E-state index contributed by atoms with van der Waals surface area (Å²) in [4.78, 5) is 15.0. The Morgan fingerprint density at radius 2 is 2.38 bits per heavy atom. The largest absolute Gasteiger partial charge is 0.476 e. The monoisotopic (exact) mass is 236 g/mol. The summed E-state index contributed by atoms with van der Waals surface area (Å²) < 4.78 is 4.94. The minimum absolute atomic E-state index is 0.0871. The standard InChI is InChI=1S/C10H8N2O3S/c13-10(14)6-3-8(15-12-6)7-4-16-9(11-7)5-1-2-5/h3-5H,1-2H2,(H,13,14). The average Bonchev–Trinajstić information content (AvgIpc) is 2.83. The lowest BCUT2D eigenvalue weighted by Crippen LogP contribution is -1.94. The number of aromatic nitrogens is 2. The van der Waals surface area contributed by atoms with Crippen LogP contribution in [0, 0.1) is 0 Å². The Labute approximate surface area is 94.7 Å². The van der Waals surface area contributed by atoms with Gasteiger partial charge in [0, 0.05) is 17.4 Å². The van der Waals surface area contributed by atoms with Crippen LogP contribution >= 0.6 is 11.3 Å². The Bertz CT molecular complexity index is 542. The molecule has 2 aromatic rings. The van der Waals surface area contributed by atoms with Gasteiger partial charge < -0.3 is 9.63 Å². The molecular formula is C10H8N2O3S. The SMILES string of the molecule is O=C(O)c1cc(-c2csc(C3CC3)n2)on1. The first-order valence-electron chi connectivity index (χ1n) is 4.90. The molecule has 0 unspecified atom stereocenters. The number of nitrogens with zero attached hydrogens (tertiary/aromatic N) is 2. The van der Waals surface area contributed by atoms with Crippen molar-refractivity contribution in [3.05, 3.63) is 22.1 Å². The molecule has 1 fully saturated rings. The second-order valence-corrected chi connectivity index (χ2v) is 4.62. The quantitative estimate of drug-likeness (QED) is 0.885. The molecule has 1 aliphatic rings. The summed E-state index contributed by atoms with van der Waals surface area (Å²) in [5.74, 6) is -0.0752. The van der Waals surface area contributed by atoms with Gasteiger partial charge in [0.05, 0.1) is 5.01 Å². The molecule has 0 spiro atoms. The smallest absolute Gasteiger partial charge is 0.358 e. The molecule has 0 amide bonds. The average molecular weight is 236 g/mol. The Balaban J connectivity index is 1.91. The molecule has 0 aromatic carbocycles. The fourth-order valence-electron chi connectivity index (χ4n) is 1.42. The zero-order valence-corrected chi connectivity index (χ0v) is 9.03. The van der Waals surface area contributed by atoms with Crippen LogP contribution in [-0.2, 0) is 0 Å². The summed E-state index contributed by atoms with van der Waals surface area (Å²) in [7, 11) is 0. The molecule has 0 saturated heterocycles. The Hall–Kier alpha value is -1.69. The highest BCUT2D eigenvalue weighted by Crippen LogP contribution is 2.42. The fourth-order valence-corrected chi connectivity index (χ4v) is 2.40. The summed E-state index contributed by atoms with van der Waals surface area (Å²) in [6, 6.07) is 1.40. The number of carboxylic acids is 1. The summed E-state index contributed by atoms with van der Waals surface area (Å²) in [6.07, 6.45) is 2.40. The van der Waals surface area contributed by atoms with Crippen molar-refractivity contribution >= 4 is 17.3 Å². The van der Waals surface area contributed by atoms with Gasteiger partial charge in [0.2, 0.25) is 0 Å². The molecule has 3 rings (SSSR count). The first-order valence-corrected chi connectivity index (χ1v) is 5.78. The van der Waals surface area contributed by atoms with Crippen LogP contribution in [0.2, 0.25) is 0 Å². The molecule has 5 nitrogen and oxygen atoms in total. The maximum atomic E-state index is 10.6. The van der Waals surface area contributed by atoms with Gasteiger partial charge in [-0.05, 0) is 12.8 Å². The normalized spacial score (nSPS) is 15.2. The minimum atomic E-state index is -1.09. The van der Waals surface area contributed by atoms with E-state index in [0.717, 1.165) is 5.01 Å². The first kappa shape index (κ1) is 9.53. The highest BCUT2D eigenvalue weighted by atomic mass is 32.1. The zero-order chi connectivity index (χ0) is 11.1. The number of thiazole rings is 1. The third kappa shape index (κ3) is 1.61. The topological polar surface area (TPSA) is 76.2 Å². The Kier molecular flexibility index (Phi) is 2.03. The second-order valence-electron chi connectivity index (χ2n) is 3.73. The third-order valence-electron chi connectivity index (χ3n) is 2.43. The summed E-state index contributed by atoms with van der Waals surface area (Å²) in [6.45, 7) is 0. The second kappa shape index (κ2) is 3.41. The highest BCUT2D eigenvalue weighted by Gasteiger charge is 2.27. The Morgan fingerprint density at radius 1 is 1.56 bits per heavy atom. The van der Waals surface area contributed by atoms with Crippen molar-refractivity contribution in [1.29, 1.82) is 0 Å². The van der Waals surface area contributed by atoms with E-state index in [1.54, 1.807) is 11.3 Å². The van der Waals surface area contributed by atoms with Crippen LogP contribution in [0.15, 0.2) is 16.0 Å². The number of hydrogen-bond donors (Lipinski definition) is 1. The van der Waals surface area contributed by atoms with Crippen molar-refractivity contribution in [3.63, 3.8) is 0 Å². The molecule has 0 atom stereocenters. The molecule has 16 heavy (non-hydrogen) atoms. The summed E-state index contributed by atoms with van der Waals surface area (Å²) in [5.41, 5.74) is 0.586. The number of carbonyl (C=O) groups is 1. The van der Waals surface area contributed by atoms with Crippen LogP contribution in [0.3, 0.4) is 0 Å². The van der Waals surface area contributed by atoms with E-state index in [2.05, 4.69) is 10.1 Å². The van der Waals surface area contributed by atoms with Crippen molar-refractivity contribution in [2.45, 2.75) is 18.8 Å². The van der Waals surface area contributed by atoms with Crippen molar-refractivity contribution in [2.75, 3.05) is 0 Å². The van der Waals surface area contributed by atoms with E-state index < -0.39 is 5.97 Å². The van der Waals surface area contributed by atoms with Crippen molar-refractivity contribution in [2.24, 2.45) is 0 Å². The Morgan fingerprint density at radius 3 is 3.00 bits per heavy atom. The number of rotatable bonds is 3. The molecule has 6 heteroatoms. The molecule has 0 bridgehead atoms. The van der Waals surface area contributed by atoms with E-state index in [4.69, 9.17) is 9.63 Å². The van der Waals surface area contributed by atoms with Crippen molar-refractivity contribution in [1.82, 2.24) is 10.1 Å². The van der Waals surface area contributed by atoms with Crippen LogP contribution in [0.1, 0.15) is 34.3 Å². The van der Waals surface area contributed by atoms with Gasteiger partial charge in [-0.1, -0.05) is 5.16 Å². The van der Waals surface area contributed by atoms with Gasteiger partial charge in [0.25, 0.3) is 0 Å². The van der Waals surface area contributed by atoms with Gasteiger partial charge in [0.15, 0.2) is 11.5 Å². The predicted octanol–water partition coefficient (Wildman–Crippen LogP) is 2.37. The zero-order valence-electron chi connectivity index (χ0n) is 8.21. The van der Waals surface area contributed by atoms with E-state index in [9.17, 15) is 4.79 Å². The van der Waals surface area contributed by atoms with Gasteiger partial charge in [-0.25, -0.2) is 9.78 Å². The highest BCUT2D eigenvalue weighted by molar-refractivity contribution is 7.10. The van der Waals surface area contributed by atoms with E-state index in [0.29, 0.717) is 17.4 Å². The van der Waals surface area contributed by atoms with Gasteiger partial charge in [-0.15, -0.1) is 11.3 Å². The van der Waals surface area contributed by atoms with Crippen LogP contribution in [0.25, 0.3) is 11.5 Å². The van der Waals surface area contributed by atoms with Gasteiger partial charge in [-0.2, -0.15) is 0 Å². The predicted molar refractivity (Wildman–Crippen MR) is 56.5 cm³/mol. The van der Waals surface area contributed by atoms with Crippen molar-refractivity contribution < 1.29 is 14.4 Å². The molecule has 1 N–H and O–H groups in total. The molecular weight excluding hydrogens is 228 g/mol. The molecule has 2 heterocycles. The maximum Gasteiger partial charge on any atom is 0.358 e. The summed E-state index contributed by atoms with van der Waals surface area (Å²) in [5, 5.41) is 15.1. The van der Waals surface area contributed by atoms with Crippen LogP contribution in [0.5, 0.6) is 0 Å². The number of hydrogen-bond acceptors (Lipinski definition) is 5. The van der Waals surface area contributed by atoms with Crippen molar-refractivity contribution in [3.8, 4) is 11.5 Å². The lowest BCUT2D eigenvalue weighted by atomic mass is 10.3. The number of aromatic carboxylic acids is 1. The van der Waals surface area contributed by atoms with Crippen LogP contribution in [-0.4, -0.2) is 21.2 Å². The van der Waals surface area contributed by atoms with Crippen LogP contribution in [0.4, 0.5) is 0 Å². The minimum Gasteiger partial charge on any atom is -0.476 e. The molecule has 1 saturated carbocycles. The summed E-state index contributed by atoms with van der Waals surface area (Å²) >= 11 is 1.59. The van der Waals surface area contributed by atoms with E-state index in [1.807, 2.05) is 5.38 Å². The molecule has 0 aliphatic heterocycles. The maximum absolute atomic E-state index is 10.6. The molecule has 2 aromatic heterocycles. The lowest BCUT2D eigenvalue weighted by Gasteiger charge is -1.86. The first-order chi connectivity index (χ1) is 7.74. The third-order valence-corrected chi connectivity index (χ3v) is 3.44.